The first-order valence-corrected chi connectivity index (χ1v) is 12.7. The second-order valence-corrected chi connectivity index (χ2v) is 9.43. The number of imidazole rings is 1. The highest BCUT2D eigenvalue weighted by molar-refractivity contribution is 5.78. The van der Waals surface area contributed by atoms with Crippen LogP contribution in [0, 0.1) is 5.82 Å². The standard InChI is InChI=1S/C29H32FN5O2/c1-31-29(36)37-25-12-8-21(9-13-25)14-17-34-18-15-24(16-19-34)32-28-33-26-4-2-3-5-27(26)35(28)20-22-6-10-23(30)11-7-22/h2-13,24H,14-20H2,1H3,(H,31,36)(H,32,33). The molecule has 0 unspecified atom stereocenters. The van der Waals surface area contributed by atoms with Gasteiger partial charge in [-0.1, -0.05) is 36.4 Å². The third kappa shape index (κ3) is 6.27. The Kier molecular flexibility index (Phi) is 7.65. The zero-order chi connectivity index (χ0) is 25.6. The predicted octanol–water partition coefficient (Wildman–Crippen LogP) is 5.06. The third-order valence-corrected chi connectivity index (χ3v) is 6.88. The molecule has 0 aliphatic carbocycles. The van der Waals surface area contributed by atoms with Crippen LogP contribution in [0.3, 0.4) is 0 Å². The van der Waals surface area contributed by atoms with Gasteiger partial charge in [-0.2, -0.15) is 0 Å². The van der Waals surface area contributed by atoms with Crippen molar-refractivity contribution in [3.8, 4) is 5.75 Å². The molecular formula is C29H32FN5O2. The van der Waals surface area contributed by atoms with Crippen molar-refractivity contribution in [2.24, 2.45) is 0 Å². The van der Waals surface area contributed by atoms with E-state index in [0.29, 0.717) is 18.3 Å². The summed E-state index contributed by atoms with van der Waals surface area (Å²) in [6.45, 7) is 3.67. The SMILES string of the molecule is CNC(=O)Oc1ccc(CCN2CCC(Nc3nc4ccccc4n3Cc3ccc(F)cc3)CC2)cc1. The molecule has 37 heavy (non-hydrogen) atoms. The lowest BCUT2D eigenvalue weighted by Gasteiger charge is -2.32. The van der Waals surface area contributed by atoms with E-state index in [9.17, 15) is 9.18 Å². The second-order valence-electron chi connectivity index (χ2n) is 9.43. The van der Waals surface area contributed by atoms with Crippen LogP contribution in [0.25, 0.3) is 11.0 Å². The zero-order valence-electron chi connectivity index (χ0n) is 21.0. The summed E-state index contributed by atoms with van der Waals surface area (Å²) in [6.07, 6.45) is 2.57. The van der Waals surface area contributed by atoms with Crippen LogP contribution in [0.2, 0.25) is 0 Å². The highest BCUT2D eigenvalue weighted by Crippen LogP contribution is 2.24. The van der Waals surface area contributed by atoms with Crippen LogP contribution < -0.4 is 15.4 Å². The Morgan fingerprint density at radius 3 is 2.43 bits per heavy atom. The van der Waals surface area contributed by atoms with Crippen LogP contribution >= 0.6 is 0 Å². The van der Waals surface area contributed by atoms with Gasteiger partial charge in [0.05, 0.1) is 17.6 Å². The van der Waals surface area contributed by atoms with Gasteiger partial charge in [0, 0.05) is 32.7 Å². The van der Waals surface area contributed by atoms with Gasteiger partial charge in [-0.05, 0) is 66.8 Å². The minimum Gasteiger partial charge on any atom is -0.410 e. The fraction of sp³-hybridized carbons (Fsp3) is 0.310. The molecule has 0 bridgehead atoms. The molecule has 0 radical (unpaired) electrons. The molecule has 2 N–H and O–H groups in total. The molecule has 0 spiro atoms. The fourth-order valence-corrected chi connectivity index (χ4v) is 4.77. The summed E-state index contributed by atoms with van der Waals surface area (Å²) in [5.74, 6) is 1.18. The summed E-state index contributed by atoms with van der Waals surface area (Å²) in [5.41, 5.74) is 4.28. The Hall–Kier alpha value is -3.91. The average molecular weight is 502 g/mol. The Morgan fingerprint density at radius 1 is 1.00 bits per heavy atom. The van der Waals surface area contributed by atoms with E-state index in [-0.39, 0.29) is 5.82 Å². The molecule has 4 aromatic rings. The van der Waals surface area contributed by atoms with E-state index in [2.05, 4.69) is 26.2 Å². The van der Waals surface area contributed by atoms with Crippen molar-refractivity contribution in [2.75, 3.05) is 32.0 Å². The van der Waals surface area contributed by atoms with E-state index in [1.165, 1.54) is 17.7 Å². The van der Waals surface area contributed by atoms with E-state index < -0.39 is 6.09 Å². The number of likely N-dealkylation sites (tertiary alicyclic amines) is 1. The largest absolute Gasteiger partial charge is 0.412 e. The van der Waals surface area contributed by atoms with E-state index in [1.54, 1.807) is 7.05 Å². The van der Waals surface area contributed by atoms with Crippen LogP contribution in [0.5, 0.6) is 5.75 Å². The monoisotopic (exact) mass is 501 g/mol. The number of benzene rings is 3. The summed E-state index contributed by atoms with van der Waals surface area (Å²) < 4.78 is 20.7. The van der Waals surface area contributed by atoms with Gasteiger partial charge in [0.15, 0.2) is 0 Å². The van der Waals surface area contributed by atoms with Crippen molar-refractivity contribution in [1.29, 1.82) is 0 Å². The second kappa shape index (κ2) is 11.4. The van der Waals surface area contributed by atoms with E-state index in [0.717, 1.165) is 61.4 Å². The molecule has 192 valence electrons. The van der Waals surface area contributed by atoms with Gasteiger partial charge in [0.1, 0.15) is 11.6 Å². The molecule has 8 heteroatoms. The molecule has 1 fully saturated rings. The predicted molar refractivity (Wildman–Crippen MR) is 144 cm³/mol. The van der Waals surface area contributed by atoms with Crippen LogP contribution in [-0.4, -0.2) is 53.3 Å². The summed E-state index contributed by atoms with van der Waals surface area (Å²) in [6, 6.07) is 22.8. The van der Waals surface area contributed by atoms with Crippen molar-refractivity contribution >= 4 is 23.1 Å². The number of nitrogens with one attached hydrogen (secondary N) is 2. The number of hydrogen-bond donors (Lipinski definition) is 2. The summed E-state index contributed by atoms with van der Waals surface area (Å²) >= 11 is 0. The number of amides is 1. The van der Waals surface area contributed by atoms with Gasteiger partial charge in [0.25, 0.3) is 0 Å². The number of ether oxygens (including phenoxy) is 1. The van der Waals surface area contributed by atoms with Crippen molar-refractivity contribution in [2.45, 2.75) is 31.8 Å². The molecule has 5 rings (SSSR count). The van der Waals surface area contributed by atoms with E-state index >= 15 is 0 Å². The fourth-order valence-electron chi connectivity index (χ4n) is 4.77. The summed E-state index contributed by atoms with van der Waals surface area (Å²) in [5, 5.41) is 6.14. The van der Waals surface area contributed by atoms with Gasteiger partial charge >= 0.3 is 6.09 Å². The third-order valence-electron chi connectivity index (χ3n) is 6.88. The number of fused-ring (bicyclic) bond motifs is 1. The Labute approximate surface area is 216 Å². The molecule has 1 aliphatic rings. The number of hydrogen-bond acceptors (Lipinski definition) is 5. The summed E-state index contributed by atoms with van der Waals surface area (Å²) in [7, 11) is 1.54. The number of para-hydroxylation sites is 2. The summed E-state index contributed by atoms with van der Waals surface area (Å²) in [4.78, 5) is 18.7. The maximum absolute atomic E-state index is 13.4. The first-order valence-electron chi connectivity index (χ1n) is 12.7. The first-order chi connectivity index (χ1) is 18.1. The van der Waals surface area contributed by atoms with E-state index in [1.807, 2.05) is 54.6 Å². The molecule has 0 atom stereocenters. The lowest BCUT2D eigenvalue weighted by atomic mass is 10.0. The molecule has 1 aliphatic heterocycles. The number of anilines is 1. The minimum atomic E-state index is -0.463. The highest BCUT2D eigenvalue weighted by atomic mass is 19.1. The average Bonchev–Trinajstić information content (AvgIpc) is 3.27. The van der Waals surface area contributed by atoms with Gasteiger partial charge in [-0.15, -0.1) is 0 Å². The molecule has 2 heterocycles. The highest BCUT2D eigenvalue weighted by Gasteiger charge is 2.21. The molecule has 1 amide bonds. The number of aromatic nitrogens is 2. The van der Waals surface area contributed by atoms with Crippen molar-refractivity contribution < 1.29 is 13.9 Å². The molecule has 3 aromatic carbocycles. The number of carbonyl (C=O) groups is 1. The minimum absolute atomic E-state index is 0.226. The van der Waals surface area contributed by atoms with Gasteiger partial charge in [0.2, 0.25) is 5.95 Å². The maximum Gasteiger partial charge on any atom is 0.412 e. The van der Waals surface area contributed by atoms with Crippen molar-refractivity contribution in [1.82, 2.24) is 19.8 Å². The normalized spacial score (nSPS) is 14.5. The van der Waals surface area contributed by atoms with Crippen molar-refractivity contribution in [3.63, 3.8) is 0 Å². The smallest absolute Gasteiger partial charge is 0.410 e. The zero-order valence-corrected chi connectivity index (χ0v) is 21.0. The number of nitrogens with zero attached hydrogens (tertiary/aromatic N) is 3. The van der Waals surface area contributed by atoms with E-state index in [4.69, 9.17) is 9.72 Å². The lowest BCUT2D eigenvalue weighted by molar-refractivity contribution is 0.203. The Bertz CT molecular complexity index is 1330. The topological polar surface area (TPSA) is 71.4 Å². The number of halogens is 1. The van der Waals surface area contributed by atoms with Crippen molar-refractivity contribution in [3.05, 3.63) is 89.7 Å². The van der Waals surface area contributed by atoms with Crippen LogP contribution in [-0.2, 0) is 13.0 Å². The maximum atomic E-state index is 13.4. The number of carbonyl (C=O) groups excluding carboxylic acids is 1. The quantitative estimate of drug-likeness (QED) is 0.353. The van der Waals surface area contributed by atoms with Crippen LogP contribution in [0.1, 0.15) is 24.0 Å². The molecule has 7 nitrogen and oxygen atoms in total. The first kappa shape index (κ1) is 24.8. The Balaban J connectivity index is 1.16. The molecular weight excluding hydrogens is 469 g/mol. The molecule has 0 saturated carbocycles. The lowest BCUT2D eigenvalue weighted by Crippen LogP contribution is -2.40. The number of rotatable bonds is 8. The van der Waals surface area contributed by atoms with Gasteiger partial charge in [-0.3, -0.25) is 0 Å². The van der Waals surface area contributed by atoms with Crippen LogP contribution in [0.15, 0.2) is 72.8 Å². The molecule has 1 saturated heterocycles. The van der Waals surface area contributed by atoms with Gasteiger partial charge in [-0.25, -0.2) is 14.2 Å². The number of piperidine rings is 1. The van der Waals surface area contributed by atoms with Gasteiger partial charge < -0.3 is 24.8 Å². The van der Waals surface area contributed by atoms with Crippen LogP contribution in [0.4, 0.5) is 15.1 Å². The molecule has 1 aromatic heterocycles. The Morgan fingerprint density at radius 2 is 1.70 bits per heavy atom.